The molecule has 0 aliphatic carbocycles. The summed E-state index contributed by atoms with van der Waals surface area (Å²) in [6, 6.07) is 5.94. The van der Waals surface area contributed by atoms with Gasteiger partial charge in [-0.1, -0.05) is 23.9 Å². The van der Waals surface area contributed by atoms with E-state index >= 15 is 0 Å². The van der Waals surface area contributed by atoms with Gasteiger partial charge < -0.3 is 0 Å². The van der Waals surface area contributed by atoms with Crippen LogP contribution in [0.4, 0.5) is 10.1 Å². The minimum absolute atomic E-state index is 0.0209. The molecule has 2 rings (SSSR count). The SMILES string of the molecule is Cc1nc(Cl)nc(Sc2ccccc2F)c1[N+](=O)[O-]. The average Bonchev–Trinajstić information content (AvgIpc) is 2.30. The first kappa shape index (κ1) is 13.7. The molecule has 98 valence electrons. The van der Waals surface area contributed by atoms with Crippen LogP contribution in [0.15, 0.2) is 34.2 Å². The molecule has 0 amide bonds. The van der Waals surface area contributed by atoms with E-state index in [0.29, 0.717) is 0 Å². The molecular weight excluding hydrogens is 293 g/mol. The van der Waals surface area contributed by atoms with Gasteiger partial charge in [-0.3, -0.25) is 10.1 Å². The van der Waals surface area contributed by atoms with Gasteiger partial charge >= 0.3 is 5.69 Å². The third-order valence-electron chi connectivity index (χ3n) is 2.22. The van der Waals surface area contributed by atoms with Crippen molar-refractivity contribution in [2.24, 2.45) is 0 Å². The number of hydrogen-bond donors (Lipinski definition) is 0. The predicted octanol–water partition coefficient (Wildman–Crippen LogP) is 3.64. The lowest BCUT2D eigenvalue weighted by molar-refractivity contribution is -0.389. The van der Waals surface area contributed by atoms with E-state index in [4.69, 9.17) is 11.6 Å². The number of aromatic nitrogens is 2. The number of rotatable bonds is 3. The van der Waals surface area contributed by atoms with Crippen LogP contribution in [0.5, 0.6) is 0 Å². The van der Waals surface area contributed by atoms with Gasteiger partial charge in [-0.05, 0) is 30.7 Å². The van der Waals surface area contributed by atoms with Crippen molar-refractivity contribution in [3.8, 4) is 0 Å². The molecule has 0 fully saturated rings. The van der Waals surface area contributed by atoms with E-state index in [-0.39, 0.29) is 26.6 Å². The van der Waals surface area contributed by atoms with Crippen LogP contribution in [0.2, 0.25) is 5.28 Å². The molecule has 0 N–H and O–H groups in total. The fourth-order valence-corrected chi connectivity index (χ4v) is 2.65. The van der Waals surface area contributed by atoms with Crippen LogP contribution in [0.25, 0.3) is 0 Å². The lowest BCUT2D eigenvalue weighted by atomic mass is 10.3. The quantitative estimate of drug-likeness (QED) is 0.374. The number of benzene rings is 1. The minimum Gasteiger partial charge on any atom is -0.258 e. The molecule has 0 saturated heterocycles. The second-order valence-electron chi connectivity index (χ2n) is 3.52. The number of aryl methyl sites for hydroxylation is 1. The lowest BCUT2D eigenvalue weighted by Gasteiger charge is -2.05. The number of nitro groups is 1. The molecule has 1 aromatic carbocycles. The van der Waals surface area contributed by atoms with Gasteiger partial charge in [0.25, 0.3) is 0 Å². The second kappa shape index (κ2) is 5.50. The molecular formula is C11H7ClFN3O2S. The molecule has 0 unspecified atom stereocenters. The summed E-state index contributed by atoms with van der Waals surface area (Å²) in [5.41, 5.74) is -0.124. The van der Waals surface area contributed by atoms with E-state index in [1.54, 1.807) is 6.07 Å². The maximum Gasteiger partial charge on any atom is 0.322 e. The largest absolute Gasteiger partial charge is 0.322 e. The molecule has 8 heteroatoms. The van der Waals surface area contributed by atoms with E-state index in [0.717, 1.165) is 11.8 Å². The number of nitrogens with zero attached hydrogens (tertiary/aromatic N) is 3. The third kappa shape index (κ3) is 2.99. The molecule has 0 spiro atoms. The highest BCUT2D eigenvalue weighted by Crippen LogP contribution is 2.36. The summed E-state index contributed by atoms with van der Waals surface area (Å²) in [7, 11) is 0. The summed E-state index contributed by atoms with van der Waals surface area (Å²) in [5, 5.41) is 10.9. The molecule has 0 aliphatic heterocycles. The Labute approximate surface area is 117 Å². The summed E-state index contributed by atoms with van der Waals surface area (Å²) in [6.07, 6.45) is 0. The zero-order valence-corrected chi connectivity index (χ0v) is 11.2. The van der Waals surface area contributed by atoms with E-state index in [1.165, 1.54) is 25.1 Å². The molecule has 1 aromatic heterocycles. The van der Waals surface area contributed by atoms with Gasteiger partial charge in [0.15, 0.2) is 5.03 Å². The monoisotopic (exact) mass is 299 g/mol. The fourth-order valence-electron chi connectivity index (χ4n) is 1.42. The summed E-state index contributed by atoms with van der Waals surface area (Å²) in [5.74, 6) is -0.478. The first-order valence-electron chi connectivity index (χ1n) is 5.10. The van der Waals surface area contributed by atoms with Crippen molar-refractivity contribution in [3.63, 3.8) is 0 Å². The van der Waals surface area contributed by atoms with Crippen molar-refractivity contribution < 1.29 is 9.31 Å². The van der Waals surface area contributed by atoms with Crippen molar-refractivity contribution in [1.29, 1.82) is 0 Å². The van der Waals surface area contributed by atoms with Gasteiger partial charge in [-0.15, -0.1) is 0 Å². The van der Waals surface area contributed by atoms with Crippen LogP contribution in [0.1, 0.15) is 5.69 Å². The molecule has 19 heavy (non-hydrogen) atoms. The third-order valence-corrected chi connectivity index (χ3v) is 3.42. The van der Waals surface area contributed by atoms with E-state index < -0.39 is 10.7 Å². The molecule has 0 bridgehead atoms. The first-order valence-corrected chi connectivity index (χ1v) is 6.29. The Morgan fingerprint density at radius 2 is 2.05 bits per heavy atom. The van der Waals surface area contributed by atoms with Crippen molar-refractivity contribution in [1.82, 2.24) is 9.97 Å². The maximum absolute atomic E-state index is 13.5. The van der Waals surface area contributed by atoms with Crippen LogP contribution in [-0.4, -0.2) is 14.9 Å². The molecule has 2 aromatic rings. The number of hydrogen-bond acceptors (Lipinski definition) is 5. The van der Waals surface area contributed by atoms with Crippen LogP contribution in [-0.2, 0) is 0 Å². The molecule has 5 nitrogen and oxygen atoms in total. The summed E-state index contributed by atoms with van der Waals surface area (Å²) < 4.78 is 13.5. The fraction of sp³-hybridized carbons (Fsp3) is 0.0909. The molecule has 1 heterocycles. The standard InChI is InChI=1S/C11H7ClFN3O2S/c1-6-9(16(17)18)10(15-11(12)14-6)19-8-5-3-2-4-7(8)13/h2-5H,1H3. The minimum atomic E-state index is -0.602. The summed E-state index contributed by atoms with van der Waals surface area (Å²) >= 11 is 6.53. The normalized spacial score (nSPS) is 10.5. The van der Waals surface area contributed by atoms with E-state index in [9.17, 15) is 14.5 Å². The highest BCUT2D eigenvalue weighted by molar-refractivity contribution is 7.99. The Balaban J connectivity index is 2.51. The van der Waals surface area contributed by atoms with Crippen LogP contribution in [0.3, 0.4) is 0 Å². The van der Waals surface area contributed by atoms with Gasteiger partial charge in [0, 0.05) is 4.90 Å². The molecule has 0 atom stereocenters. The Morgan fingerprint density at radius 1 is 1.37 bits per heavy atom. The van der Waals surface area contributed by atoms with Crippen molar-refractivity contribution in [2.75, 3.05) is 0 Å². The smallest absolute Gasteiger partial charge is 0.258 e. The van der Waals surface area contributed by atoms with E-state index in [2.05, 4.69) is 9.97 Å². The van der Waals surface area contributed by atoms with Crippen molar-refractivity contribution in [2.45, 2.75) is 16.8 Å². The van der Waals surface area contributed by atoms with Crippen molar-refractivity contribution >= 4 is 29.1 Å². The zero-order chi connectivity index (χ0) is 14.0. The average molecular weight is 300 g/mol. The van der Waals surface area contributed by atoms with Gasteiger partial charge in [0.2, 0.25) is 5.28 Å². The molecule has 0 saturated carbocycles. The van der Waals surface area contributed by atoms with Gasteiger partial charge in [0.05, 0.1) is 4.92 Å². The van der Waals surface area contributed by atoms with Crippen LogP contribution in [0, 0.1) is 22.9 Å². The summed E-state index contributed by atoms with van der Waals surface area (Å²) in [6.45, 7) is 1.46. The highest BCUT2D eigenvalue weighted by atomic mass is 35.5. The Bertz CT molecular complexity index is 654. The lowest BCUT2D eigenvalue weighted by Crippen LogP contribution is -2.00. The Kier molecular flexibility index (Phi) is 3.96. The predicted molar refractivity (Wildman–Crippen MR) is 69.0 cm³/mol. The molecule has 0 aliphatic rings. The Hall–Kier alpha value is -1.73. The van der Waals surface area contributed by atoms with Crippen LogP contribution >= 0.6 is 23.4 Å². The highest BCUT2D eigenvalue weighted by Gasteiger charge is 2.23. The maximum atomic E-state index is 13.5. The topological polar surface area (TPSA) is 68.9 Å². The first-order chi connectivity index (χ1) is 8.99. The van der Waals surface area contributed by atoms with Crippen LogP contribution < -0.4 is 0 Å². The van der Waals surface area contributed by atoms with Gasteiger partial charge in [-0.25, -0.2) is 14.4 Å². The molecule has 0 radical (unpaired) electrons. The number of halogens is 2. The van der Waals surface area contributed by atoms with E-state index in [1.807, 2.05) is 0 Å². The van der Waals surface area contributed by atoms with Gasteiger partial charge in [-0.2, -0.15) is 0 Å². The Morgan fingerprint density at radius 3 is 2.68 bits per heavy atom. The summed E-state index contributed by atoms with van der Waals surface area (Å²) in [4.78, 5) is 18.2. The zero-order valence-electron chi connectivity index (χ0n) is 9.63. The van der Waals surface area contributed by atoms with Gasteiger partial charge in [0.1, 0.15) is 11.5 Å². The second-order valence-corrected chi connectivity index (χ2v) is 4.89. The van der Waals surface area contributed by atoms with Crippen molar-refractivity contribution in [3.05, 3.63) is 51.2 Å².